The maximum absolute atomic E-state index is 12.5. The van der Waals surface area contributed by atoms with E-state index >= 15 is 0 Å². The Balaban J connectivity index is 1.94. The quantitative estimate of drug-likeness (QED) is 0.874. The van der Waals surface area contributed by atoms with Crippen LogP contribution in [0.3, 0.4) is 0 Å². The summed E-state index contributed by atoms with van der Waals surface area (Å²) < 4.78 is 2.13. The second kappa shape index (κ2) is 5.77. The van der Waals surface area contributed by atoms with Gasteiger partial charge in [0.05, 0.1) is 18.3 Å². The summed E-state index contributed by atoms with van der Waals surface area (Å²) in [6, 6.07) is 0.133. The number of hydrogen-bond donors (Lipinski definition) is 0. The van der Waals surface area contributed by atoms with Crippen molar-refractivity contribution in [3.05, 3.63) is 23.1 Å². The fraction of sp³-hybridized carbons (Fsp3) is 0.600. The van der Waals surface area contributed by atoms with Crippen molar-refractivity contribution in [1.29, 1.82) is 0 Å². The number of likely N-dealkylation sites (N-methyl/N-ethyl adjacent to an activating group) is 1. The van der Waals surface area contributed by atoms with Gasteiger partial charge in [-0.15, -0.1) is 11.3 Å². The molecule has 0 unspecified atom stereocenters. The maximum Gasteiger partial charge on any atom is 0.237 e. The average Bonchev–Trinajstić information content (AvgIpc) is 3.02. The highest BCUT2D eigenvalue weighted by Gasteiger charge is 2.31. The number of carbonyl (C=O) groups is 1. The van der Waals surface area contributed by atoms with E-state index in [0.29, 0.717) is 6.54 Å². The molecule has 1 atom stereocenters. The zero-order valence-electron chi connectivity index (χ0n) is 12.9. The molecule has 0 bridgehead atoms. The number of rotatable bonds is 3. The van der Waals surface area contributed by atoms with Crippen molar-refractivity contribution in [3.8, 4) is 0 Å². The van der Waals surface area contributed by atoms with Gasteiger partial charge in [0.1, 0.15) is 10.7 Å². The Morgan fingerprint density at radius 1 is 1.48 bits per heavy atom. The molecule has 6 heteroatoms. The predicted molar refractivity (Wildman–Crippen MR) is 84.7 cm³/mol. The Labute approximate surface area is 129 Å². The van der Waals surface area contributed by atoms with Gasteiger partial charge in [0.15, 0.2) is 0 Å². The van der Waals surface area contributed by atoms with Crippen molar-refractivity contribution >= 4 is 22.1 Å². The first kappa shape index (κ1) is 14.5. The van der Waals surface area contributed by atoms with Crippen LogP contribution in [0.25, 0.3) is 4.83 Å². The van der Waals surface area contributed by atoms with Gasteiger partial charge >= 0.3 is 0 Å². The standard InChI is InChI=1S/C15H22N4OS/c1-11-16-14(15-18(11)8-9-21-15)12-6-4-5-7-19(12)13(20)10-17(2)3/h8-9,12H,4-7,10H2,1-3H3/t12-/m0/s1. The van der Waals surface area contributed by atoms with Crippen molar-refractivity contribution in [3.63, 3.8) is 0 Å². The number of carbonyl (C=O) groups excluding carboxylic acids is 1. The number of hydrogen-bond acceptors (Lipinski definition) is 4. The molecule has 0 saturated carbocycles. The van der Waals surface area contributed by atoms with Gasteiger partial charge in [-0.3, -0.25) is 9.20 Å². The number of aryl methyl sites for hydroxylation is 1. The zero-order valence-corrected chi connectivity index (χ0v) is 13.7. The van der Waals surface area contributed by atoms with E-state index in [9.17, 15) is 4.79 Å². The lowest BCUT2D eigenvalue weighted by Gasteiger charge is -2.35. The molecule has 3 heterocycles. The molecule has 0 aliphatic carbocycles. The third kappa shape index (κ3) is 2.70. The van der Waals surface area contributed by atoms with Crippen LogP contribution in [-0.2, 0) is 4.79 Å². The zero-order chi connectivity index (χ0) is 15.0. The topological polar surface area (TPSA) is 40.9 Å². The van der Waals surface area contributed by atoms with E-state index in [-0.39, 0.29) is 11.9 Å². The molecule has 2 aromatic rings. The van der Waals surface area contributed by atoms with Crippen LogP contribution in [0.2, 0.25) is 0 Å². The highest BCUT2D eigenvalue weighted by molar-refractivity contribution is 7.15. The number of nitrogens with zero attached hydrogens (tertiary/aromatic N) is 4. The molecule has 21 heavy (non-hydrogen) atoms. The fourth-order valence-electron chi connectivity index (χ4n) is 3.09. The van der Waals surface area contributed by atoms with E-state index in [2.05, 4.69) is 16.0 Å². The van der Waals surface area contributed by atoms with Crippen molar-refractivity contribution in [2.45, 2.75) is 32.2 Å². The lowest BCUT2D eigenvalue weighted by molar-refractivity contribution is -0.135. The number of thiazole rings is 1. The van der Waals surface area contributed by atoms with Crippen LogP contribution < -0.4 is 0 Å². The predicted octanol–water partition coefficient (Wildman–Crippen LogP) is 2.32. The number of imidazole rings is 1. The van der Waals surface area contributed by atoms with E-state index in [0.717, 1.165) is 30.9 Å². The summed E-state index contributed by atoms with van der Waals surface area (Å²) in [4.78, 5) is 22.4. The van der Waals surface area contributed by atoms with E-state index in [1.807, 2.05) is 30.8 Å². The SMILES string of the molecule is Cc1nc([C@@H]2CCCCN2C(=O)CN(C)C)c2sccn12. The smallest absolute Gasteiger partial charge is 0.237 e. The van der Waals surface area contributed by atoms with Gasteiger partial charge in [-0.2, -0.15) is 0 Å². The molecular formula is C15H22N4OS. The van der Waals surface area contributed by atoms with Crippen LogP contribution in [0.5, 0.6) is 0 Å². The molecule has 114 valence electrons. The van der Waals surface area contributed by atoms with E-state index < -0.39 is 0 Å². The molecule has 1 aliphatic rings. The van der Waals surface area contributed by atoms with E-state index in [4.69, 9.17) is 4.98 Å². The van der Waals surface area contributed by atoms with Crippen molar-refractivity contribution < 1.29 is 4.79 Å². The van der Waals surface area contributed by atoms with Crippen LogP contribution in [-0.4, -0.2) is 52.3 Å². The number of fused-ring (bicyclic) bond motifs is 1. The van der Waals surface area contributed by atoms with Crippen molar-refractivity contribution in [2.75, 3.05) is 27.2 Å². The first-order valence-electron chi connectivity index (χ1n) is 7.44. The fourth-order valence-corrected chi connectivity index (χ4v) is 4.01. The number of likely N-dealkylation sites (tertiary alicyclic amines) is 1. The van der Waals surface area contributed by atoms with Gasteiger partial charge in [-0.1, -0.05) is 0 Å². The van der Waals surface area contributed by atoms with Gasteiger partial charge in [-0.25, -0.2) is 4.98 Å². The maximum atomic E-state index is 12.5. The molecule has 0 spiro atoms. The Bertz CT molecular complexity index is 645. The summed E-state index contributed by atoms with van der Waals surface area (Å²) >= 11 is 1.71. The molecular weight excluding hydrogens is 284 g/mol. The third-order valence-corrected chi connectivity index (χ3v) is 4.94. The van der Waals surface area contributed by atoms with Gasteiger partial charge in [0, 0.05) is 18.1 Å². The van der Waals surface area contributed by atoms with E-state index in [1.165, 1.54) is 11.3 Å². The first-order valence-corrected chi connectivity index (χ1v) is 8.32. The van der Waals surface area contributed by atoms with Gasteiger partial charge in [0.25, 0.3) is 0 Å². The monoisotopic (exact) mass is 306 g/mol. The summed E-state index contributed by atoms with van der Waals surface area (Å²) in [5.41, 5.74) is 1.08. The van der Waals surface area contributed by atoms with Gasteiger partial charge in [-0.05, 0) is 40.3 Å². The Hall–Kier alpha value is -1.40. The minimum absolute atomic E-state index is 0.133. The van der Waals surface area contributed by atoms with E-state index in [1.54, 1.807) is 11.3 Å². The molecule has 5 nitrogen and oxygen atoms in total. The van der Waals surface area contributed by atoms with Crippen LogP contribution >= 0.6 is 11.3 Å². The number of aromatic nitrogens is 2. The Morgan fingerprint density at radius 3 is 3.05 bits per heavy atom. The lowest BCUT2D eigenvalue weighted by atomic mass is 9.99. The summed E-state index contributed by atoms with van der Waals surface area (Å²) in [5.74, 6) is 1.21. The largest absolute Gasteiger partial charge is 0.333 e. The van der Waals surface area contributed by atoms with Crippen molar-refractivity contribution in [2.24, 2.45) is 0 Å². The molecule has 1 saturated heterocycles. The summed E-state index contributed by atoms with van der Waals surface area (Å²) in [6.07, 6.45) is 5.33. The Kier molecular flexibility index (Phi) is 3.99. The summed E-state index contributed by atoms with van der Waals surface area (Å²) in [7, 11) is 3.88. The minimum Gasteiger partial charge on any atom is -0.333 e. The second-order valence-corrected chi connectivity index (χ2v) is 6.85. The highest BCUT2D eigenvalue weighted by Crippen LogP contribution is 2.34. The lowest BCUT2D eigenvalue weighted by Crippen LogP contribution is -2.43. The minimum atomic E-state index is 0.133. The van der Waals surface area contributed by atoms with Crippen LogP contribution in [0.4, 0.5) is 0 Å². The van der Waals surface area contributed by atoms with Crippen LogP contribution in [0.1, 0.15) is 36.8 Å². The molecule has 3 rings (SSSR count). The molecule has 1 amide bonds. The van der Waals surface area contributed by atoms with Gasteiger partial charge in [0.2, 0.25) is 5.91 Å². The highest BCUT2D eigenvalue weighted by atomic mass is 32.1. The number of piperidine rings is 1. The second-order valence-electron chi connectivity index (χ2n) is 5.96. The molecule has 1 fully saturated rings. The first-order chi connectivity index (χ1) is 10.1. The average molecular weight is 306 g/mol. The normalized spacial score (nSPS) is 19.6. The molecule has 1 aliphatic heterocycles. The summed E-state index contributed by atoms with van der Waals surface area (Å²) in [5, 5.41) is 2.09. The summed E-state index contributed by atoms with van der Waals surface area (Å²) in [6.45, 7) is 3.34. The number of amides is 1. The van der Waals surface area contributed by atoms with Crippen molar-refractivity contribution in [1.82, 2.24) is 19.2 Å². The molecule has 0 aromatic carbocycles. The third-order valence-electron chi connectivity index (χ3n) is 4.05. The molecule has 0 radical (unpaired) electrons. The van der Waals surface area contributed by atoms with Crippen LogP contribution in [0.15, 0.2) is 11.6 Å². The molecule has 2 aromatic heterocycles. The molecule has 0 N–H and O–H groups in total. The Morgan fingerprint density at radius 2 is 2.29 bits per heavy atom. The van der Waals surface area contributed by atoms with Gasteiger partial charge < -0.3 is 9.80 Å². The van der Waals surface area contributed by atoms with Crippen LogP contribution in [0, 0.1) is 6.92 Å².